The minimum absolute atomic E-state index is 0.000115. The third kappa shape index (κ3) is 8.52. The number of aromatic amines is 1. The van der Waals surface area contributed by atoms with Crippen molar-refractivity contribution in [2.75, 3.05) is 39.7 Å². The lowest BCUT2D eigenvalue weighted by Crippen LogP contribution is -2.50. The number of aliphatic hydroxyl groups is 2. The molecule has 3 aliphatic rings. The van der Waals surface area contributed by atoms with Crippen LogP contribution < -0.4 is 25.4 Å². The Hall–Kier alpha value is -6.15. The summed E-state index contributed by atoms with van der Waals surface area (Å²) in [5, 5.41) is 80.1. The second-order valence-electron chi connectivity index (χ2n) is 17.3. The van der Waals surface area contributed by atoms with Crippen LogP contribution in [0.25, 0.3) is 10.8 Å². The number of Topliss-reactive ketones (excluding diaryl/α,β-unsaturated/α-hetero) is 1. The highest BCUT2D eigenvalue weighted by Crippen LogP contribution is 2.58. The first-order valence-corrected chi connectivity index (χ1v) is 21.7. The number of benzene rings is 4. The van der Waals surface area contributed by atoms with Gasteiger partial charge in [-0.15, -0.1) is 0 Å². The van der Waals surface area contributed by atoms with Gasteiger partial charge in [-0.2, -0.15) is 0 Å². The molecule has 1 aromatic heterocycles. The van der Waals surface area contributed by atoms with Gasteiger partial charge in [-0.25, -0.2) is 0 Å². The first-order valence-electron chi connectivity index (χ1n) is 21.7. The summed E-state index contributed by atoms with van der Waals surface area (Å²) in [5.74, 6) is -2.06. The Morgan fingerprint density at radius 3 is 2.54 bits per heavy atom. The third-order valence-electron chi connectivity index (χ3n) is 13.8. The largest absolute Gasteiger partial charge is 0.508 e. The van der Waals surface area contributed by atoms with Gasteiger partial charge in [0.15, 0.2) is 23.0 Å². The fraction of sp³-hybridized carbons (Fsp3) is 0.380. The Balaban J connectivity index is 1.34. The number of fused-ring (bicyclic) bond motifs is 5. The van der Waals surface area contributed by atoms with Gasteiger partial charge in [-0.1, -0.05) is 24.3 Å². The molecule has 10 N–H and O–H groups in total. The summed E-state index contributed by atoms with van der Waals surface area (Å²) in [7, 11) is 4.76. The van der Waals surface area contributed by atoms with Gasteiger partial charge in [-0.3, -0.25) is 4.79 Å². The summed E-state index contributed by atoms with van der Waals surface area (Å²) in [4.78, 5) is 19.3. The van der Waals surface area contributed by atoms with Crippen LogP contribution in [0.1, 0.15) is 66.3 Å². The normalized spacial score (nSPS) is 24.2. The summed E-state index contributed by atoms with van der Waals surface area (Å²) in [5.41, 5.74) is 3.89. The van der Waals surface area contributed by atoms with Gasteiger partial charge in [0.2, 0.25) is 5.75 Å². The Kier molecular flexibility index (Phi) is 12.6. The van der Waals surface area contributed by atoms with E-state index in [1.165, 1.54) is 20.3 Å². The molecule has 2 aliphatic heterocycles. The first kappa shape index (κ1) is 43.5. The van der Waals surface area contributed by atoms with Crippen molar-refractivity contribution < 1.29 is 44.9 Å². The molecule has 1 saturated carbocycles. The molecular weight excluding hydrogens is 801 g/mol. The quantitative estimate of drug-likeness (QED) is 0.0619. The number of H-pyrrole nitrogens is 1. The van der Waals surface area contributed by atoms with Crippen LogP contribution in [0.15, 0.2) is 103 Å². The molecule has 1 aliphatic carbocycles. The number of carbonyl (C=O) groups is 1. The lowest BCUT2D eigenvalue weighted by molar-refractivity contribution is -0.134. The standard InChI is InChI=1S/C50H58N4O9/c1-51-27-32-20-30(31-23-43(60)49(61)45(24-31)63-3)22-42(59)48(41(58)13-7-28-6-12-40(57)44(19-28)62-2)50(16-14-39(56)37(50)26-34-5-4-17-52-34)33-15-18-53-46(25-33)54-38-11-8-29-21-35(55)9-10-36(29)47(32)38/h4-6,8-12,15,17,19,21,23-25,30,32,37,39,41,48,51-58,60-61H,7,13-14,16,18,20,22,26-27H2,1-3H3. The van der Waals surface area contributed by atoms with Crippen molar-refractivity contribution in [1.82, 2.24) is 15.6 Å². The number of likely N-dealkylation sites (N-methyl/N-ethyl adjacent to an activating group) is 1. The number of hydrogen-bond donors (Lipinski definition) is 10. The average Bonchev–Trinajstić information content (AvgIpc) is 3.91. The van der Waals surface area contributed by atoms with E-state index in [1.807, 2.05) is 49.7 Å². The zero-order valence-electron chi connectivity index (χ0n) is 35.9. The maximum atomic E-state index is 16.0. The van der Waals surface area contributed by atoms with E-state index in [1.54, 1.807) is 36.4 Å². The van der Waals surface area contributed by atoms with Crippen LogP contribution in [0.5, 0.6) is 34.5 Å². The minimum atomic E-state index is -1.18. The number of aromatic hydroxyl groups is 4. The van der Waals surface area contributed by atoms with E-state index in [0.29, 0.717) is 62.3 Å². The number of dihydropyridines is 1. The van der Waals surface area contributed by atoms with Crippen molar-refractivity contribution >= 4 is 22.2 Å². The van der Waals surface area contributed by atoms with E-state index < -0.39 is 41.1 Å². The Labute approximate surface area is 367 Å². The monoisotopic (exact) mass is 858 g/mol. The predicted molar refractivity (Wildman–Crippen MR) is 242 cm³/mol. The number of ether oxygens (including phenoxy) is 2. The van der Waals surface area contributed by atoms with Crippen LogP contribution in [0, 0.1) is 17.3 Å². The molecule has 8 rings (SSSR count). The number of aromatic nitrogens is 1. The molecule has 13 heteroatoms. The molecule has 0 saturated heterocycles. The number of hydrogen-bond acceptors (Lipinski definition) is 12. The number of nitrogens with one attached hydrogen (secondary N) is 4. The molecule has 4 aromatic carbocycles. The van der Waals surface area contributed by atoms with Crippen molar-refractivity contribution in [2.24, 2.45) is 17.3 Å². The molecule has 0 radical (unpaired) electrons. The second kappa shape index (κ2) is 18.3. The number of phenolic OH excluding ortho intramolecular Hbond substituents is 4. The lowest BCUT2D eigenvalue weighted by Gasteiger charge is -2.46. The summed E-state index contributed by atoms with van der Waals surface area (Å²) in [6, 6.07) is 21.4. The molecule has 5 aromatic rings. The Bertz CT molecular complexity index is 2520. The van der Waals surface area contributed by atoms with Gasteiger partial charge in [0, 0.05) is 48.4 Å². The molecule has 3 heterocycles. The van der Waals surface area contributed by atoms with E-state index in [2.05, 4.69) is 27.0 Å². The molecule has 2 bridgehead atoms. The first-order chi connectivity index (χ1) is 30.4. The van der Waals surface area contributed by atoms with Gasteiger partial charge in [0.25, 0.3) is 0 Å². The van der Waals surface area contributed by atoms with Crippen molar-refractivity contribution in [1.29, 1.82) is 0 Å². The van der Waals surface area contributed by atoms with E-state index >= 15 is 4.79 Å². The predicted octanol–water partition coefficient (Wildman–Crippen LogP) is 6.85. The van der Waals surface area contributed by atoms with E-state index in [0.717, 1.165) is 38.9 Å². The van der Waals surface area contributed by atoms with Crippen molar-refractivity contribution in [3.05, 3.63) is 125 Å². The van der Waals surface area contributed by atoms with Crippen molar-refractivity contribution in [3.8, 4) is 34.5 Å². The maximum Gasteiger partial charge on any atom is 0.200 e. The molecule has 13 nitrogen and oxygen atoms in total. The van der Waals surface area contributed by atoms with Gasteiger partial charge in [0.1, 0.15) is 17.4 Å². The number of methoxy groups -OCH3 is 2. The summed E-state index contributed by atoms with van der Waals surface area (Å²) in [6.07, 6.45) is 6.19. The number of allylic oxidation sites excluding steroid dienone is 2. The van der Waals surface area contributed by atoms with E-state index in [4.69, 9.17) is 9.47 Å². The Morgan fingerprint density at radius 2 is 1.78 bits per heavy atom. The summed E-state index contributed by atoms with van der Waals surface area (Å²) < 4.78 is 10.9. The van der Waals surface area contributed by atoms with Crippen LogP contribution in [-0.4, -0.2) is 88.0 Å². The second-order valence-corrected chi connectivity index (χ2v) is 17.3. The highest BCUT2D eigenvalue weighted by Gasteiger charge is 2.58. The SMILES string of the molecule is CNCC1CC(c2cc(O)c(O)c(OC)c2)CC(=O)C(C(O)CCc2ccc(O)c(OC)c2)C2(CCC(O)C2Cc2ccc[nH]2)C2=CCNC(=C2)Nc2ccc3cc(O)ccc3c21. The lowest BCUT2D eigenvalue weighted by atomic mass is 9.57. The smallest absolute Gasteiger partial charge is 0.200 e. The number of aryl methyl sites for hydroxylation is 1. The number of ketones is 1. The molecule has 63 heavy (non-hydrogen) atoms. The highest BCUT2D eigenvalue weighted by atomic mass is 16.5. The number of carbonyl (C=O) groups excluding carboxylic acids is 1. The zero-order chi connectivity index (χ0) is 44.4. The summed E-state index contributed by atoms with van der Waals surface area (Å²) >= 11 is 0. The van der Waals surface area contributed by atoms with E-state index in [9.17, 15) is 30.6 Å². The molecule has 0 amide bonds. The molecule has 1 fully saturated rings. The number of anilines is 1. The number of aliphatic hydroxyl groups excluding tert-OH is 2. The number of rotatable bonds is 11. The van der Waals surface area contributed by atoms with Gasteiger partial charge in [-0.05, 0) is 151 Å². The molecule has 332 valence electrons. The van der Waals surface area contributed by atoms with Crippen LogP contribution in [-0.2, 0) is 17.6 Å². The fourth-order valence-electron chi connectivity index (χ4n) is 10.9. The van der Waals surface area contributed by atoms with Crippen LogP contribution >= 0.6 is 0 Å². The van der Waals surface area contributed by atoms with Crippen molar-refractivity contribution in [2.45, 2.75) is 69.0 Å². The van der Waals surface area contributed by atoms with Crippen LogP contribution in [0.4, 0.5) is 5.69 Å². The van der Waals surface area contributed by atoms with E-state index in [-0.39, 0.29) is 47.5 Å². The minimum Gasteiger partial charge on any atom is -0.508 e. The zero-order valence-corrected chi connectivity index (χ0v) is 35.9. The number of phenols is 4. The molecule has 7 unspecified atom stereocenters. The van der Waals surface area contributed by atoms with Gasteiger partial charge in [0.05, 0.1) is 32.3 Å². The molecule has 1 spiro atoms. The Morgan fingerprint density at radius 1 is 0.952 bits per heavy atom. The maximum absolute atomic E-state index is 16.0. The van der Waals surface area contributed by atoms with Crippen LogP contribution in [0.2, 0.25) is 0 Å². The van der Waals surface area contributed by atoms with Crippen LogP contribution in [0.3, 0.4) is 0 Å². The fourth-order valence-corrected chi connectivity index (χ4v) is 10.9. The van der Waals surface area contributed by atoms with Gasteiger partial charge < -0.3 is 61.0 Å². The molecule has 7 atom stereocenters. The average molecular weight is 859 g/mol. The van der Waals surface area contributed by atoms with Crippen molar-refractivity contribution in [3.63, 3.8) is 0 Å². The molecular formula is C50H58N4O9. The third-order valence-corrected chi connectivity index (χ3v) is 13.8. The summed E-state index contributed by atoms with van der Waals surface area (Å²) in [6.45, 7) is 0.923. The highest BCUT2D eigenvalue weighted by molar-refractivity contribution is 5.92. The van der Waals surface area contributed by atoms with Gasteiger partial charge >= 0.3 is 0 Å². The topological polar surface area (TPSA) is 209 Å².